The third-order valence-electron chi connectivity index (χ3n) is 4.95. The number of benzene rings is 2. The van der Waals surface area contributed by atoms with E-state index in [4.69, 9.17) is 4.74 Å². The summed E-state index contributed by atoms with van der Waals surface area (Å²) in [5.74, 6) is -1.64. The molecule has 7 nitrogen and oxygen atoms in total. The summed E-state index contributed by atoms with van der Waals surface area (Å²) in [7, 11) is 1.51. The molecule has 1 amide bonds. The lowest BCUT2D eigenvalue weighted by atomic mass is 9.95. The first-order valence-corrected chi connectivity index (χ1v) is 9.16. The van der Waals surface area contributed by atoms with Gasteiger partial charge in [-0.3, -0.25) is 19.5 Å². The molecule has 1 fully saturated rings. The van der Waals surface area contributed by atoms with Crippen molar-refractivity contribution in [3.05, 3.63) is 89.8 Å². The van der Waals surface area contributed by atoms with Gasteiger partial charge in [0.2, 0.25) is 0 Å². The number of hydrogen-bond donors (Lipinski definition) is 2. The molecule has 3 aromatic rings. The summed E-state index contributed by atoms with van der Waals surface area (Å²) in [5.41, 5.74) is 0.990. The van der Waals surface area contributed by atoms with Crippen molar-refractivity contribution < 1.29 is 24.5 Å². The molecule has 2 N–H and O–H groups in total. The van der Waals surface area contributed by atoms with Gasteiger partial charge in [-0.2, -0.15) is 0 Å². The van der Waals surface area contributed by atoms with E-state index in [0.717, 1.165) is 0 Å². The lowest BCUT2D eigenvalue weighted by Crippen LogP contribution is -2.29. The van der Waals surface area contributed by atoms with Crippen molar-refractivity contribution in [1.29, 1.82) is 0 Å². The molecule has 1 saturated heterocycles. The Hall–Kier alpha value is -4.13. The zero-order chi connectivity index (χ0) is 21.3. The Labute approximate surface area is 172 Å². The number of para-hydroxylation sites is 2. The minimum atomic E-state index is -0.957. The maximum Gasteiger partial charge on any atom is 0.300 e. The van der Waals surface area contributed by atoms with Crippen LogP contribution in [0.1, 0.15) is 17.2 Å². The van der Waals surface area contributed by atoms with Crippen LogP contribution >= 0.6 is 0 Å². The zero-order valence-corrected chi connectivity index (χ0v) is 16.0. The SMILES string of the molecule is COc1cccc(C2/C(=C(/O)c3ccncc3)C(=O)C(=O)N2c2ccccc2O)c1. The molecule has 0 saturated carbocycles. The Morgan fingerprint density at radius 2 is 1.77 bits per heavy atom. The summed E-state index contributed by atoms with van der Waals surface area (Å²) in [5, 5.41) is 21.3. The van der Waals surface area contributed by atoms with Crippen LogP contribution < -0.4 is 9.64 Å². The molecule has 2 heterocycles. The van der Waals surface area contributed by atoms with Gasteiger partial charge in [0.25, 0.3) is 11.7 Å². The van der Waals surface area contributed by atoms with Crippen molar-refractivity contribution in [3.63, 3.8) is 0 Å². The van der Waals surface area contributed by atoms with Crippen LogP contribution in [0.5, 0.6) is 11.5 Å². The van der Waals surface area contributed by atoms with Crippen molar-refractivity contribution in [3.8, 4) is 11.5 Å². The molecule has 30 heavy (non-hydrogen) atoms. The van der Waals surface area contributed by atoms with Crippen LogP contribution in [0.2, 0.25) is 0 Å². The van der Waals surface area contributed by atoms with Crippen molar-refractivity contribution in [2.75, 3.05) is 12.0 Å². The highest BCUT2D eigenvalue weighted by Crippen LogP contribution is 2.44. The number of nitrogens with zero attached hydrogens (tertiary/aromatic N) is 2. The summed E-state index contributed by atoms with van der Waals surface area (Å²) in [6.07, 6.45) is 2.96. The number of Topliss-reactive ketones (excluding diaryl/α,β-unsaturated/α-hetero) is 1. The van der Waals surface area contributed by atoms with Gasteiger partial charge >= 0.3 is 0 Å². The molecular formula is C23H18N2O5. The van der Waals surface area contributed by atoms with Crippen LogP contribution in [0.4, 0.5) is 5.69 Å². The Bertz CT molecular complexity index is 1160. The Morgan fingerprint density at radius 1 is 1.03 bits per heavy atom. The Kier molecular flexibility index (Phi) is 4.93. The van der Waals surface area contributed by atoms with E-state index < -0.39 is 17.7 Å². The van der Waals surface area contributed by atoms with E-state index in [-0.39, 0.29) is 22.8 Å². The molecule has 1 atom stereocenters. The number of anilines is 1. The number of ketones is 1. The third kappa shape index (κ3) is 3.16. The average Bonchev–Trinajstić information content (AvgIpc) is 3.05. The number of amides is 1. The second kappa shape index (κ2) is 7.71. The molecular weight excluding hydrogens is 384 g/mol. The number of aliphatic hydroxyl groups is 1. The first-order chi connectivity index (χ1) is 14.5. The molecule has 0 spiro atoms. The molecule has 1 unspecified atom stereocenters. The maximum atomic E-state index is 13.0. The number of pyridine rings is 1. The fourth-order valence-corrected chi connectivity index (χ4v) is 3.54. The summed E-state index contributed by atoms with van der Waals surface area (Å²) >= 11 is 0. The van der Waals surface area contributed by atoms with E-state index in [1.54, 1.807) is 54.6 Å². The number of ether oxygens (including phenoxy) is 1. The van der Waals surface area contributed by atoms with Gasteiger partial charge in [-0.1, -0.05) is 24.3 Å². The van der Waals surface area contributed by atoms with E-state index >= 15 is 0 Å². The van der Waals surface area contributed by atoms with Crippen molar-refractivity contribution in [2.45, 2.75) is 6.04 Å². The second-order valence-electron chi connectivity index (χ2n) is 6.67. The topological polar surface area (TPSA) is 100.0 Å². The number of aromatic nitrogens is 1. The highest BCUT2D eigenvalue weighted by molar-refractivity contribution is 6.51. The minimum Gasteiger partial charge on any atom is -0.507 e. The fourth-order valence-electron chi connectivity index (χ4n) is 3.54. The van der Waals surface area contributed by atoms with Gasteiger partial charge in [0.05, 0.1) is 24.4 Å². The molecule has 1 aromatic heterocycles. The number of methoxy groups -OCH3 is 1. The van der Waals surface area contributed by atoms with Crippen LogP contribution in [0.3, 0.4) is 0 Å². The van der Waals surface area contributed by atoms with Crippen LogP contribution in [-0.2, 0) is 9.59 Å². The number of rotatable bonds is 4. The van der Waals surface area contributed by atoms with E-state index in [2.05, 4.69) is 4.98 Å². The number of phenols is 1. The second-order valence-corrected chi connectivity index (χ2v) is 6.67. The summed E-state index contributed by atoms with van der Waals surface area (Å²) < 4.78 is 5.29. The van der Waals surface area contributed by atoms with Gasteiger partial charge in [-0.25, -0.2) is 0 Å². The standard InChI is InChI=1S/C23H18N2O5/c1-30-16-6-4-5-15(13-16)20-19(21(27)14-9-11-24-12-10-14)22(28)23(29)25(20)17-7-2-3-8-18(17)26/h2-13,20,26-27H,1H3/b21-19-. The quantitative estimate of drug-likeness (QED) is 0.394. The van der Waals surface area contributed by atoms with Crippen LogP contribution in [-0.4, -0.2) is 34.0 Å². The zero-order valence-electron chi connectivity index (χ0n) is 16.0. The average molecular weight is 402 g/mol. The number of carbonyl (C=O) groups excluding carboxylic acids is 2. The van der Waals surface area contributed by atoms with Crippen LogP contribution in [0.15, 0.2) is 78.6 Å². The van der Waals surface area contributed by atoms with Crippen molar-refractivity contribution >= 4 is 23.1 Å². The Balaban J connectivity index is 1.98. The first kappa shape index (κ1) is 19.2. The largest absolute Gasteiger partial charge is 0.507 e. The molecule has 1 aliphatic heterocycles. The lowest BCUT2D eigenvalue weighted by molar-refractivity contribution is -0.132. The first-order valence-electron chi connectivity index (χ1n) is 9.16. The van der Waals surface area contributed by atoms with E-state index in [9.17, 15) is 19.8 Å². The van der Waals surface area contributed by atoms with E-state index in [1.807, 2.05) is 0 Å². The van der Waals surface area contributed by atoms with E-state index in [1.165, 1.54) is 30.5 Å². The normalized spacial score (nSPS) is 17.9. The van der Waals surface area contributed by atoms with Gasteiger partial charge in [-0.15, -0.1) is 0 Å². The van der Waals surface area contributed by atoms with Crippen molar-refractivity contribution in [2.24, 2.45) is 0 Å². The molecule has 0 radical (unpaired) electrons. The highest BCUT2D eigenvalue weighted by Gasteiger charge is 2.47. The van der Waals surface area contributed by atoms with E-state index in [0.29, 0.717) is 16.9 Å². The molecule has 2 aromatic carbocycles. The highest BCUT2D eigenvalue weighted by atomic mass is 16.5. The Morgan fingerprint density at radius 3 is 2.47 bits per heavy atom. The van der Waals surface area contributed by atoms with Gasteiger partial charge < -0.3 is 14.9 Å². The minimum absolute atomic E-state index is 0.0808. The number of phenolic OH excluding ortho intramolecular Hbond substituents is 1. The van der Waals surface area contributed by atoms with Gasteiger partial charge in [0.1, 0.15) is 17.3 Å². The predicted molar refractivity (Wildman–Crippen MR) is 110 cm³/mol. The predicted octanol–water partition coefficient (Wildman–Crippen LogP) is 3.42. The molecule has 0 aliphatic carbocycles. The van der Waals surface area contributed by atoms with Crippen LogP contribution in [0.25, 0.3) is 5.76 Å². The molecule has 1 aliphatic rings. The van der Waals surface area contributed by atoms with Gasteiger partial charge in [0, 0.05) is 18.0 Å². The monoisotopic (exact) mass is 402 g/mol. The third-order valence-corrected chi connectivity index (χ3v) is 4.95. The van der Waals surface area contributed by atoms with Crippen molar-refractivity contribution in [1.82, 2.24) is 4.98 Å². The summed E-state index contributed by atoms with van der Waals surface area (Å²) in [6, 6.07) is 15.3. The fraction of sp³-hybridized carbons (Fsp3) is 0.0870. The number of aromatic hydroxyl groups is 1. The van der Waals surface area contributed by atoms with Crippen LogP contribution in [0, 0.1) is 0 Å². The van der Waals surface area contributed by atoms with Gasteiger partial charge in [-0.05, 0) is 42.0 Å². The molecule has 4 rings (SSSR count). The lowest BCUT2D eigenvalue weighted by Gasteiger charge is -2.26. The molecule has 150 valence electrons. The summed E-state index contributed by atoms with van der Waals surface area (Å²) in [6.45, 7) is 0. The smallest absolute Gasteiger partial charge is 0.300 e. The number of aliphatic hydroxyl groups excluding tert-OH is 1. The molecule has 0 bridgehead atoms. The number of hydrogen-bond acceptors (Lipinski definition) is 6. The molecule has 7 heteroatoms. The maximum absolute atomic E-state index is 13.0. The number of carbonyl (C=O) groups is 2. The van der Waals surface area contributed by atoms with Gasteiger partial charge in [0.15, 0.2) is 0 Å². The summed E-state index contributed by atoms with van der Waals surface area (Å²) in [4.78, 5) is 31.1.